The largest absolute Gasteiger partial charge is 0.355 e. The maximum absolute atomic E-state index is 12.5. The number of rotatable bonds is 5. The summed E-state index contributed by atoms with van der Waals surface area (Å²) in [5, 5.41) is 4.79. The van der Waals surface area contributed by atoms with Crippen LogP contribution in [0.15, 0.2) is 30.3 Å². The van der Waals surface area contributed by atoms with Gasteiger partial charge in [0.05, 0.1) is 6.42 Å². The van der Waals surface area contributed by atoms with Crippen molar-refractivity contribution in [2.75, 3.05) is 7.05 Å². The van der Waals surface area contributed by atoms with Crippen molar-refractivity contribution in [3.63, 3.8) is 0 Å². The van der Waals surface area contributed by atoms with Crippen LogP contribution in [0, 0.1) is 0 Å². The van der Waals surface area contributed by atoms with Gasteiger partial charge >= 0.3 is 0 Å². The van der Waals surface area contributed by atoms with E-state index in [-0.39, 0.29) is 30.2 Å². The minimum absolute atomic E-state index is 0.0226. The standard InChI is InChI=1S/C18H19N3O4/c1-19-17(24)12-5-2-11(3-6-12)4-9-16(23)21(13-7-8-13)14-10-15(22)20-18(14)25/h2-6,9,13-14H,7-8,10H2,1H3,(H,19,24)(H,20,22,25)/b9-4+/t14-/m0/s1. The van der Waals surface area contributed by atoms with E-state index in [9.17, 15) is 19.2 Å². The molecule has 0 aromatic heterocycles. The minimum atomic E-state index is -0.715. The van der Waals surface area contributed by atoms with Gasteiger partial charge in [-0.1, -0.05) is 12.1 Å². The maximum atomic E-state index is 12.5. The lowest BCUT2D eigenvalue weighted by molar-refractivity contribution is -0.135. The molecule has 0 spiro atoms. The third-order valence-electron chi connectivity index (χ3n) is 4.29. The smallest absolute Gasteiger partial charge is 0.251 e. The molecule has 130 valence electrons. The second kappa shape index (κ2) is 6.88. The van der Waals surface area contributed by atoms with E-state index in [0.29, 0.717) is 5.56 Å². The molecule has 1 aliphatic carbocycles. The normalized spacial score (nSPS) is 19.8. The first-order chi connectivity index (χ1) is 12.0. The first-order valence-corrected chi connectivity index (χ1v) is 8.16. The molecule has 1 heterocycles. The molecule has 1 atom stereocenters. The van der Waals surface area contributed by atoms with Crippen LogP contribution in [0.3, 0.4) is 0 Å². The van der Waals surface area contributed by atoms with Gasteiger partial charge in [0.2, 0.25) is 17.7 Å². The lowest BCUT2D eigenvalue weighted by atomic mass is 10.1. The summed E-state index contributed by atoms with van der Waals surface area (Å²) in [4.78, 5) is 48.8. The Balaban J connectivity index is 1.71. The van der Waals surface area contributed by atoms with Crippen LogP contribution >= 0.6 is 0 Å². The number of amides is 4. The van der Waals surface area contributed by atoms with Crippen LogP contribution in [0.4, 0.5) is 0 Å². The second-order valence-electron chi connectivity index (χ2n) is 6.14. The SMILES string of the molecule is CNC(=O)c1ccc(/C=C/C(=O)N(C2CC2)[C@H]2CC(=O)NC2=O)cc1. The highest BCUT2D eigenvalue weighted by atomic mass is 16.2. The van der Waals surface area contributed by atoms with E-state index >= 15 is 0 Å². The molecule has 1 saturated heterocycles. The molecule has 1 saturated carbocycles. The summed E-state index contributed by atoms with van der Waals surface area (Å²) in [5.74, 6) is -1.22. The van der Waals surface area contributed by atoms with Crippen LogP contribution in [0.5, 0.6) is 0 Å². The highest BCUT2D eigenvalue weighted by Crippen LogP contribution is 2.31. The average Bonchev–Trinajstić information content (AvgIpc) is 3.38. The Bertz CT molecular complexity index is 750. The molecule has 2 N–H and O–H groups in total. The third-order valence-corrected chi connectivity index (χ3v) is 4.29. The summed E-state index contributed by atoms with van der Waals surface area (Å²) < 4.78 is 0. The van der Waals surface area contributed by atoms with E-state index in [1.54, 1.807) is 37.4 Å². The highest BCUT2D eigenvalue weighted by Gasteiger charge is 2.43. The van der Waals surface area contributed by atoms with Crippen LogP contribution in [0.25, 0.3) is 6.08 Å². The third kappa shape index (κ3) is 3.76. The van der Waals surface area contributed by atoms with E-state index in [1.807, 2.05) is 0 Å². The minimum Gasteiger partial charge on any atom is -0.355 e. The Morgan fingerprint density at radius 3 is 2.40 bits per heavy atom. The lowest BCUT2D eigenvalue weighted by Crippen LogP contribution is -2.45. The molecular formula is C18H19N3O4. The van der Waals surface area contributed by atoms with Crippen LogP contribution in [-0.2, 0) is 14.4 Å². The Kier molecular flexibility index (Phi) is 4.65. The predicted octanol–water partition coefficient (Wildman–Crippen LogP) is 0.465. The number of carbonyl (C=O) groups is 4. The van der Waals surface area contributed by atoms with Gasteiger partial charge in [0.15, 0.2) is 0 Å². The van der Waals surface area contributed by atoms with Crippen LogP contribution in [0.2, 0.25) is 0 Å². The Morgan fingerprint density at radius 1 is 1.20 bits per heavy atom. The summed E-state index contributed by atoms with van der Waals surface area (Å²) in [7, 11) is 1.56. The van der Waals surface area contributed by atoms with Gasteiger partial charge in [0.25, 0.3) is 5.91 Å². The van der Waals surface area contributed by atoms with E-state index < -0.39 is 11.9 Å². The van der Waals surface area contributed by atoms with Gasteiger partial charge in [-0.25, -0.2) is 0 Å². The predicted molar refractivity (Wildman–Crippen MR) is 90.3 cm³/mol. The first-order valence-electron chi connectivity index (χ1n) is 8.16. The van der Waals surface area contributed by atoms with E-state index in [2.05, 4.69) is 10.6 Å². The second-order valence-corrected chi connectivity index (χ2v) is 6.14. The molecule has 1 aliphatic heterocycles. The molecule has 7 nitrogen and oxygen atoms in total. The monoisotopic (exact) mass is 341 g/mol. The van der Waals surface area contributed by atoms with Crippen molar-refractivity contribution in [1.82, 2.24) is 15.5 Å². The number of benzene rings is 1. The number of imide groups is 1. The molecule has 1 aromatic carbocycles. The summed E-state index contributed by atoms with van der Waals surface area (Å²) in [6, 6.07) is 6.13. The maximum Gasteiger partial charge on any atom is 0.251 e. The molecule has 2 fully saturated rings. The molecule has 1 aromatic rings. The van der Waals surface area contributed by atoms with Gasteiger partial charge in [-0.2, -0.15) is 0 Å². The quantitative estimate of drug-likeness (QED) is 0.601. The molecule has 25 heavy (non-hydrogen) atoms. The number of nitrogens with one attached hydrogen (secondary N) is 2. The summed E-state index contributed by atoms with van der Waals surface area (Å²) in [6.07, 6.45) is 4.76. The topological polar surface area (TPSA) is 95.6 Å². The van der Waals surface area contributed by atoms with Crippen molar-refractivity contribution in [3.8, 4) is 0 Å². The zero-order valence-corrected chi connectivity index (χ0v) is 13.8. The van der Waals surface area contributed by atoms with Crippen molar-refractivity contribution in [2.45, 2.75) is 31.3 Å². The lowest BCUT2D eigenvalue weighted by Gasteiger charge is -2.25. The number of hydrogen-bond acceptors (Lipinski definition) is 4. The molecule has 4 amide bonds. The van der Waals surface area contributed by atoms with Gasteiger partial charge in [0.1, 0.15) is 6.04 Å². The van der Waals surface area contributed by atoms with E-state index in [4.69, 9.17) is 0 Å². The van der Waals surface area contributed by atoms with Gasteiger partial charge < -0.3 is 10.2 Å². The number of carbonyl (C=O) groups excluding carboxylic acids is 4. The molecule has 3 rings (SSSR count). The van der Waals surface area contributed by atoms with Crippen molar-refractivity contribution >= 4 is 29.7 Å². The highest BCUT2D eigenvalue weighted by molar-refractivity contribution is 6.08. The van der Waals surface area contributed by atoms with Crippen molar-refractivity contribution in [1.29, 1.82) is 0 Å². The summed E-state index contributed by atoms with van der Waals surface area (Å²) in [6.45, 7) is 0. The molecule has 2 aliphatic rings. The molecule has 7 heteroatoms. The van der Waals surface area contributed by atoms with Gasteiger partial charge in [0, 0.05) is 24.7 Å². The van der Waals surface area contributed by atoms with E-state index in [0.717, 1.165) is 18.4 Å². The summed E-state index contributed by atoms with van der Waals surface area (Å²) >= 11 is 0. The Hall–Kier alpha value is -2.96. The Morgan fingerprint density at radius 2 is 1.88 bits per heavy atom. The zero-order chi connectivity index (χ0) is 18.0. The average molecular weight is 341 g/mol. The van der Waals surface area contributed by atoms with E-state index in [1.165, 1.54) is 11.0 Å². The fourth-order valence-corrected chi connectivity index (χ4v) is 2.85. The van der Waals surface area contributed by atoms with Gasteiger partial charge in [-0.05, 0) is 36.6 Å². The van der Waals surface area contributed by atoms with Crippen molar-refractivity contribution in [3.05, 3.63) is 41.5 Å². The molecular weight excluding hydrogens is 322 g/mol. The van der Waals surface area contributed by atoms with Crippen LogP contribution in [0.1, 0.15) is 35.2 Å². The molecule has 0 radical (unpaired) electrons. The summed E-state index contributed by atoms with van der Waals surface area (Å²) in [5.41, 5.74) is 1.30. The number of nitrogens with zero attached hydrogens (tertiary/aromatic N) is 1. The first kappa shape index (κ1) is 16.9. The fourth-order valence-electron chi connectivity index (χ4n) is 2.85. The van der Waals surface area contributed by atoms with Crippen LogP contribution < -0.4 is 10.6 Å². The zero-order valence-electron chi connectivity index (χ0n) is 13.8. The molecule has 0 unspecified atom stereocenters. The van der Waals surface area contributed by atoms with Crippen molar-refractivity contribution in [2.24, 2.45) is 0 Å². The molecule has 0 bridgehead atoms. The van der Waals surface area contributed by atoms with Gasteiger partial charge in [-0.3, -0.25) is 24.5 Å². The van der Waals surface area contributed by atoms with Crippen molar-refractivity contribution < 1.29 is 19.2 Å². The fraction of sp³-hybridized carbons (Fsp3) is 0.333. The number of hydrogen-bond donors (Lipinski definition) is 2. The van der Waals surface area contributed by atoms with Crippen LogP contribution in [-0.4, -0.2) is 47.7 Å². The van der Waals surface area contributed by atoms with Gasteiger partial charge in [-0.15, -0.1) is 0 Å². The Labute approximate surface area is 145 Å².